The summed E-state index contributed by atoms with van der Waals surface area (Å²) in [5, 5.41) is 23.7. The van der Waals surface area contributed by atoms with Crippen LogP contribution in [0, 0.1) is 5.82 Å². The summed E-state index contributed by atoms with van der Waals surface area (Å²) in [4.78, 5) is 14.0. The third kappa shape index (κ3) is 4.82. The van der Waals surface area contributed by atoms with Crippen molar-refractivity contribution in [2.75, 3.05) is 5.32 Å². The second-order valence-corrected chi connectivity index (χ2v) is 7.24. The van der Waals surface area contributed by atoms with Gasteiger partial charge in [-0.05, 0) is 29.0 Å². The summed E-state index contributed by atoms with van der Waals surface area (Å²) in [7, 11) is 0. The molecule has 5 aromatic rings. The topological polar surface area (TPSA) is 108 Å². The minimum absolute atomic E-state index is 0.207. The third-order valence-electron chi connectivity index (χ3n) is 4.75. The number of amides is 1. The van der Waals surface area contributed by atoms with Crippen LogP contribution in [0.5, 0.6) is 0 Å². The van der Waals surface area contributed by atoms with E-state index in [0.29, 0.717) is 18.1 Å². The van der Waals surface area contributed by atoms with E-state index in [1.165, 1.54) is 23.1 Å². The number of halogens is 1. The maximum Gasteiger partial charge on any atom is 0.276 e. The van der Waals surface area contributed by atoms with Gasteiger partial charge in [0.15, 0.2) is 12.4 Å². The lowest BCUT2D eigenvalue weighted by Crippen LogP contribution is -2.15. The maximum atomic E-state index is 13.3. The first-order valence-electron chi connectivity index (χ1n) is 10.1. The molecule has 0 saturated carbocycles. The molecule has 0 unspecified atom stereocenters. The smallest absolute Gasteiger partial charge is 0.276 e. The zero-order chi connectivity index (χ0) is 22.6. The molecule has 164 valence electrons. The molecule has 0 radical (unpaired) electrons. The van der Waals surface area contributed by atoms with Gasteiger partial charge in [0.1, 0.15) is 5.82 Å². The van der Waals surface area contributed by atoms with Gasteiger partial charge in [0.05, 0.1) is 18.4 Å². The Bertz CT molecular complexity index is 1390. The van der Waals surface area contributed by atoms with Gasteiger partial charge in [0.25, 0.3) is 5.91 Å². The number of tetrazole rings is 1. The molecule has 1 amide bonds. The van der Waals surface area contributed by atoms with Crippen molar-refractivity contribution in [3.8, 4) is 11.4 Å². The zero-order valence-electron chi connectivity index (χ0n) is 17.3. The summed E-state index contributed by atoms with van der Waals surface area (Å²) in [5.74, 6) is -0.173. The number of benzene rings is 2. The lowest BCUT2D eigenvalue weighted by atomic mass is 10.2. The van der Waals surface area contributed by atoms with E-state index in [1.54, 1.807) is 33.9 Å². The molecule has 1 N–H and O–H groups in total. The standard InChI is InChI=1S/C22H18FN9O/c23-18-8-4-5-16(11-18)13-31-14-19(12-24-31)25-22(33)20-9-10-30(27-20)15-32-28-21(26-29-32)17-6-2-1-3-7-17/h1-12,14H,13,15H2,(H,25,33). The molecular weight excluding hydrogens is 425 g/mol. The molecule has 3 heterocycles. The van der Waals surface area contributed by atoms with Crippen LogP contribution in [-0.4, -0.2) is 45.7 Å². The minimum atomic E-state index is -0.379. The molecule has 11 heteroatoms. The lowest BCUT2D eigenvalue weighted by Gasteiger charge is -2.02. The number of hydrogen-bond donors (Lipinski definition) is 1. The van der Waals surface area contributed by atoms with Crippen LogP contribution in [0.15, 0.2) is 79.3 Å². The van der Waals surface area contributed by atoms with Crippen molar-refractivity contribution in [1.82, 2.24) is 39.8 Å². The summed E-state index contributed by atoms with van der Waals surface area (Å²) < 4.78 is 16.5. The highest BCUT2D eigenvalue weighted by molar-refractivity contribution is 6.02. The summed E-state index contributed by atoms with van der Waals surface area (Å²) in [5.41, 5.74) is 2.38. The number of hydrogen-bond acceptors (Lipinski definition) is 6. The maximum absolute atomic E-state index is 13.3. The van der Waals surface area contributed by atoms with E-state index < -0.39 is 0 Å². The Kier molecular flexibility index (Phi) is 5.42. The number of nitrogens with zero attached hydrogens (tertiary/aromatic N) is 8. The van der Waals surface area contributed by atoms with E-state index >= 15 is 0 Å². The molecule has 2 aromatic carbocycles. The molecular formula is C22H18FN9O. The Morgan fingerprint density at radius 1 is 1.00 bits per heavy atom. The van der Waals surface area contributed by atoms with Gasteiger partial charge in [0.2, 0.25) is 5.82 Å². The Balaban J connectivity index is 1.20. The van der Waals surface area contributed by atoms with Crippen molar-refractivity contribution in [3.05, 3.63) is 96.3 Å². The molecule has 10 nitrogen and oxygen atoms in total. The summed E-state index contributed by atoms with van der Waals surface area (Å²) in [6, 6.07) is 17.4. The van der Waals surface area contributed by atoms with Gasteiger partial charge >= 0.3 is 0 Å². The average molecular weight is 443 g/mol. The van der Waals surface area contributed by atoms with Gasteiger partial charge in [-0.25, -0.2) is 9.07 Å². The predicted octanol–water partition coefficient (Wildman–Crippen LogP) is 2.68. The number of anilines is 1. The van der Waals surface area contributed by atoms with Crippen LogP contribution in [0.4, 0.5) is 10.1 Å². The van der Waals surface area contributed by atoms with E-state index in [9.17, 15) is 9.18 Å². The summed E-state index contributed by atoms with van der Waals surface area (Å²) in [6.07, 6.45) is 4.86. The first-order valence-corrected chi connectivity index (χ1v) is 10.1. The van der Waals surface area contributed by atoms with Crippen LogP contribution in [0.25, 0.3) is 11.4 Å². The monoisotopic (exact) mass is 443 g/mol. The Hall–Kier alpha value is -4.67. The van der Waals surface area contributed by atoms with Crippen molar-refractivity contribution in [2.45, 2.75) is 13.2 Å². The van der Waals surface area contributed by atoms with Crippen molar-refractivity contribution < 1.29 is 9.18 Å². The Morgan fingerprint density at radius 3 is 2.73 bits per heavy atom. The molecule has 3 aromatic heterocycles. The first kappa shape index (κ1) is 20.2. The largest absolute Gasteiger partial charge is 0.318 e. The van der Waals surface area contributed by atoms with E-state index in [2.05, 4.69) is 30.9 Å². The third-order valence-corrected chi connectivity index (χ3v) is 4.75. The molecule has 0 spiro atoms. The van der Waals surface area contributed by atoms with Crippen LogP contribution >= 0.6 is 0 Å². The summed E-state index contributed by atoms with van der Waals surface area (Å²) in [6.45, 7) is 0.594. The van der Waals surface area contributed by atoms with Gasteiger partial charge in [-0.15, -0.1) is 15.0 Å². The molecule has 0 aliphatic heterocycles. The second kappa shape index (κ2) is 8.83. The van der Waals surface area contributed by atoms with Crippen LogP contribution in [0.3, 0.4) is 0 Å². The lowest BCUT2D eigenvalue weighted by molar-refractivity contribution is 0.102. The number of rotatable bonds is 7. The van der Waals surface area contributed by atoms with E-state index in [4.69, 9.17) is 0 Å². The van der Waals surface area contributed by atoms with Crippen molar-refractivity contribution >= 4 is 11.6 Å². The molecule has 0 saturated heterocycles. The van der Waals surface area contributed by atoms with Crippen LogP contribution in [0.2, 0.25) is 0 Å². The van der Waals surface area contributed by atoms with Crippen LogP contribution in [-0.2, 0) is 13.2 Å². The van der Waals surface area contributed by atoms with E-state index in [-0.39, 0.29) is 24.1 Å². The van der Waals surface area contributed by atoms with Crippen molar-refractivity contribution in [2.24, 2.45) is 0 Å². The van der Waals surface area contributed by atoms with E-state index in [0.717, 1.165) is 11.1 Å². The SMILES string of the molecule is O=C(Nc1cnn(Cc2cccc(F)c2)c1)c1ccn(Cn2nnc(-c3ccccc3)n2)n1. The van der Waals surface area contributed by atoms with Crippen molar-refractivity contribution in [3.63, 3.8) is 0 Å². The zero-order valence-corrected chi connectivity index (χ0v) is 17.3. The fourth-order valence-electron chi connectivity index (χ4n) is 3.23. The van der Waals surface area contributed by atoms with Crippen LogP contribution < -0.4 is 5.32 Å². The molecule has 33 heavy (non-hydrogen) atoms. The number of carbonyl (C=O) groups excluding carboxylic acids is 1. The fraction of sp³-hybridized carbons (Fsp3) is 0.0909. The quantitative estimate of drug-likeness (QED) is 0.414. The average Bonchev–Trinajstić information content (AvgIpc) is 3.57. The molecule has 5 rings (SSSR count). The molecule has 0 aliphatic rings. The predicted molar refractivity (Wildman–Crippen MR) is 117 cm³/mol. The summed E-state index contributed by atoms with van der Waals surface area (Å²) >= 11 is 0. The van der Waals surface area contributed by atoms with E-state index in [1.807, 2.05) is 36.4 Å². The number of carbonyl (C=O) groups is 1. The highest BCUT2D eigenvalue weighted by Crippen LogP contribution is 2.13. The second-order valence-electron chi connectivity index (χ2n) is 7.24. The minimum Gasteiger partial charge on any atom is -0.318 e. The molecule has 0 aliphatic carbocycles. The number of aromatic nitrogens is 8. The Labute approximate surface area is 187 Å². The van der Waals surface area contributed by atoms with Gasteiger partial charge < -0.3 is 5.32 Å². The Morgan fingerprint density at radius 2 is 1.88 bits per heavy atom. The molecule has 0 fully saturated rings. The fourth-order valence-corrected chi connectivity index (χ4v) is 3.23. The molecule has 0 bridgehead atoms. The van der Waals surface area contributed by atoms with Crippen molar-refractivity contribution in [1.29, 1.82) is 0 Å². The van der Waals surface area contributed by atoms with Gasteiger partial charge in [0, 0.05) is 18.0 Å². The van der Waals surface area contributed by atoms with Gasteiger partial charge in [-0.3, -0.25) is 9.48 Å². The normalized spacial score (nSPS) is 10.9. The first-order chi connectivity index (χ1) is 16.1. The molecule has 0 atom stereocenters. The van der Waals surface area contributed by atoms with Gasteiger partial charge in [-0.2, -0.15) is 10.2 Å². The number of nitrogens with one attached hydrogen (secondary N) is 1. The highest BCUT2D eigenvalue weighted by atomic mass is 19.1. The van der Waals surface area contributed by atoms with Crippen LogP contribution in [0.1, 0.15) is 16.1 Å². The highest BCUT2D eigenvalue weighted by Gasteiger charge is 2.12. The van der Waals surface area contributed by atoms with Gasteiger partial charge in [-0.1, -0.05) is 42.5 Å².